The summed E-state index contributed by atoms with van der Waals surface area (Å²) in [7, 11) is 0. The smallest absolute Gasteiger partial charge is 0.300 e. The zero-order chi connectivity index (χ0) is 13.0. The Labute approximate surface area is 89.2 Å². The second-order valence-corrected chi connectivity index (χ2v) is 2.97. The van der Waals surface area contributed by atoms with Crippen LogP contribution in [0.3, 0.4) is 0 Å². The van der Waals surface area contributed by atoms with Crippen LogP contribution in [0.4, 0.5) is 0 Å². The van der Waals surface area contributed by atoms with Gasteiger partial charge in [0.05, 0.1) is 12.2 Å². The van der Waals surface area contributed by atoms with Crippen LogP contribution < -0.4 is 0 Å². The third-order valence-electron chi connectivity index (χ3n) is 0.682. The van der Waals surface area contributed by atoms with Gasteiger partial charge in [0.2, 0.25) is 0 Å². The third-order valence-corrected chi connectivity index (χ3v) is 0.682. The molecule has 0 aromatic rings. The molecule has 0 fully saturated rings. The second-order valence-electron chi connectivity index (χ2n) is 2.97. The molecule has 0 rings (SSSR count). The zero-order valence-electron chi connectivity index (χ0n) is 9.47. The predicted molar refractivity (Wildman–Crippen MR) is 54.6 cm³/mol. The van der Waals surface area contributed by atoms with Gasteiger partial charge in [-0.15, -0.1) is 0 Å². The van der Waals surface area contributed by atoms with Gasteiger partial charge < -0.3 is 20.4 Å². The van der Waals surface area contributed by atoms with Crippen LogP contribution in [0.25, 0.3) is 0 Å². The van der Waals surface area contributed by atoms with Crippen LogP contribution in [0.15, 0.2) is 0 Å². The summed E-state index contributed by atoms with van der Waals surface area (Å²) in [4.78, 5) is 18.0. The van der Waals surface area contributed by atoms with Crippen LogP contribution >= 0.6 is 0 Å². The van der Waals surface area contributed by atoms with Gasteiger partial charge in [0, 0.05) is 13.8 Å². The summed E-state index contributed by atoms with van der Waals surface area (Å²) >= 11 is 0. The number of carbonyl (C=O) groups is 2. The highest BCUT2D eigenvalue weighted by Gasteiger charge is 1.98. The van der Waals surface area contributed by atoms with Crippen molar-refractivity contribution in [2.75, 3.05) is 0 Å². The van der Waals surface area contributed by atoms with Crippen molar-refractivity contribution < 1.29 is 30.0 Å². The molecule has 6 heteroatoms. The van der Waals surface area contributed by atoms with Crippen molar-refractivity contribution in [3.63, 3.8) is 0 Å². The van der Waals surface area contributed by atoms with Crippen LogP contribution in [0.5, 0.6) is 0 Å². The van der Waals surface area contributed by atoms with E-state index in [1.54, 1.807) is 13.8 Å². The fourth-order valence-electron chi connectivity index (χ4n) is 0.494. The molecule has 0 saturated carbocycles. The average molecular weight is 224 g/mol. The average Bonchev–Trinajstić information content (AvgIpc) is 1.78. The molecule has 4 N–H and O–H groups in total. The lowest BCUT2D eigenvalue weighted by Gasteiger charge is -2.04. The minimum atomic E-state index is -0.833. The molecule has 2 unspecified atom stereocenters. The third kappa shape index (κ3) is 185. The van der Waals surface area contributed by atoms with Crippen LogP contribution in [0.2, 0.25) is 0 Å². The minimum Gasteiger partial charge on any atom is -0.481 e. The Bertz CT molecular complexity index is 138. The lowest BCUT2D eigenvalue weighted by Crippen LogP contribution is -2.10. The van der Waals surface area contributed by atoms with Crippen LogP contribution in [0.1, 0.15) is 34.1 Å². The Morgan fingerprint density at radius 1 is 0.933 bits per heavy atom. The molecule has 0 bridgehead atoms. The molecule has 2 atom stereocenters. The van der Waals surface area contributed by atoms with Crippen molar-refractivity contribution in [3.8, 4) is 0 Å². The van der Waals surface area contributed by atoms with Crippen LogP contribution in [-0.2, 0) is 9.59 Å². The molecule has 0 radical (unpaired) electrons. The van der Waals surface area contributed by atoms with Crippen molar-refractivity contribution in [3.05, 3.63) is 0 Å². The summed E-state index contributed by atoms with van der Waals surface area (Å²) in [5, 5.41) is 32.0. The van der Waals surface area contributed by atoms with E-state index in [4.69, 9.17) is 30.0 Å². The van der Waals surface area contributed by atoms with E-state index in [-0.39, 0.29) is 12.2 Å². The van der Waals surface area contributed by atoms with E-state index in [0.717, 1.165) is 13.8 Å². The first-order valence-corrected chi connectivity index (χ1v) is 4.34. The molecule has 15 heavy (non-hydrogen) atoms. The Balaban J connectivity index is -0.000000155. The standard InChI is InChI=1S/C5H12O2.2C2H4O2/c1-4(6)3-5(2)7;2*1-2(3)4/h4-7H,3H2,1-2H3;2*1H3,(H,3,4). The molecule has 0 spiro atoms. The van der Waals surface area contributed by atoms with Crippen LogP contribution in [0, 0.1) is 0 Å². The maximum absolute atomic E-state index is 9.00. The highest BCUT2D eigenvalue weighted by Crippen LogP contribution is 1.93. The number of rotatable bonds is 2. The maximum Gasteiger partial charge on any atom is 0.300 e. The quantitative estimate of drug-likeness (QED) is 0.537. The highest BCUT2D eigenvalue weighted by atomic mass is 16.4. The number of hydrogen-bond acceptors (Lipinski definition) is 4. The van der Waals surface area contributed by atoms with Gasteiger partial charge in [-0.3, -0.25) is 9.59 Å². The summed E-state index contributed by atoms with van der Waals surface area (Å²) < 4.78 is 0. The summed E-state index contributed by atoms with van der Waals surface area (Å²) in [6, 6.07) is 0. The monoisotopic (exact) mass is 224 g/mol. The van der Waals surface area contributed by atoms with Gasteiger partial charge in [-0.05, 0) is 20.3 Å². The van der Waals surface area contributed by atoms with E-state index in [0.29, 0.717) is 6.42 Å². The molecule has 6 nitrogen and oxygen atoms in total. The molecule has 0 aromatic heterocycles. The molecular formula is C9H20O6. The Morgan fingerprint density at radius 3 is 1.07 bits per heavy atom. The fourth-order valence-corrected chi connectivity index (χ4v) is 0.494. The lowest BCUT2D eigenvalue weighted by atomic mass is 10.2. The predicted octanol–water partition coefficient (Wildman–Crippen LogP) is 0.320. The summed E-state index contributed by atoms with van der Waals surface area (Å²) in [5.74, 6) is -1.67. The normalized spacial score (nSPS) is 12.1. The number of hydrogen-bond donors (Lipinski definition) is 4. The Hall–Kier alpha value is -1.14. The van der Waals surface area contributed by atoms with Gasteiger partial charge in [-0.25, -0.2) is 0 Å². The lowest BCUT2D eigenvalue weighted by molar-refractivity contribution is -0.135. The molecule has 0 saturated heterocycles. The molecular weight excluding hydrogens is 204 g/mol. The number of aliphatic hydroxyl groups excluding tert-OH is 2. The van der Waals surface area contributed by atoms with Crippen molar-refractivity contribution in [2.24, 2.45) is 0 Å². The van der Waals surface area contributed by atoms with E-state index in [9.17, 15) is 0 Å². The maximum atomic E-state index is 9.00. The van der Waals surface area contributed by atoms with Crippen molar-refractivity contribution in [1.29, 1.82) is 0 Å². The van der Waals surface area contributed by atoms with Crippen molar-refractivity contribution in [2.45, 2.75) is 46.3 Å². The van der Waals surface area contributed by atoms with Crippen molar-refractivity contribution >= 4 is 11.9 Å². The first-order chi connectivity index (χ1) is 6.59. The SMILES string of the molecule is CC(=O)O.CC(=O)O.CC(O)CC(C)O. The topological polar surface area (TPSA) is 115 Å². The number of carboxylic acids is 2. The summed E-state index contributed by atoms with van der Waals surface area (Å²) in [6.07, 6.45) is -0.278. The minimum absolute atomic E-state index is 0.375. The van der Waals surface area contributed by atoms with Gasteiger partial charge in [0.25, 0.3) is 11.9 Å². The second kappa shape index (κ2) is 12.9. The highest BCUT2D eigenvalue weighted by molar-refractivity contribution is 5.63. The van der Waals surface area contributed by atoms with E-state index >= 15 is 0 Å². The first-order valence-electron chi connectivity index (χ1n) is 4.34. The molecule has 0 aliphatic rings. The molecule has 0 aliphatic heterocycles. The number of aliphatic hydroxyl groups is 2. The van der Waals surface area contributed by atoms with Gasteiger partial charge in [0.1, 0.15) is 0 Å². The van der Waals surface area contributed by atoms with Gasteiger partial charge >= 0.3 is 0 Å². The van der Waals surface area contributed by atoms with Gasteiger partial charge in [-0.1, -0.05) is 0 Å². The number of carboxylic acid groups (broad SMARTS) is 2. The fraction of sp³-hybridized carbons (Fsp3) is 0.778. The van der Waals surface area contributed by atoms with E-state index < -0.39 is 11.9 Å². The first kappa shape index (κ1) is 19.4. The van der Waals surface area contributed by atoms with Gasteiger partial charge in [0.15, 0.2) is 0 Å². The summed E-state index contributed by atoms with van der Waals surface area (Å²) in [5.41, 5.74) is 0. The Kier molecular flexibility index (Phi) is 16.7. The van der Waals surface area contributed by atoms with Gasteiger partial charge in [-0.2, -0.15) is 0 Å². The molecule has 0 aromatic carbocycles. The zero-order valence-corrected chi connectivity index (χ0v) is 9.47. The number of aliphatic carboxylic acids is 2. The molecule has 0 heterocycles. The van der Waals surface area contributed by atoms with Crippen molar-refractivity contribution in [1.82, 2.24) is 0 Å². The van der Waals surface area contributed by atoms with E-state index in [2.05, 4.69) is 0 Å². The molecule has 0 amide bonds. The molecule has 92 valence electrons. The largest absolute Gasteiger partial charge is 0.481 e. The van der Waals surface area contributed by atoms with Crippen LogP contribution in [-0.4, -0.2) is 44.6 Å². The summed E-state index contributed by atoms with van der Waals surface area (Å²) in [6.45, 7) is 5.49. The van der Waals surface area contributed by atoms with E-state index in [1.807, 2.05) is 0 Å². The molecule has 0 aliphatic carbocycles. The Morgan fingerprint density at radius 2 is 1.07 bits per heavy atom. The van der Waals surface area contributed by atoms with E-state index in [1.165, 1.54) is 0 Å².